The Morgan fingerprint density at radius 3 is 2.33 bits per heavy atom. The first-order valence-corrected chi connectivity index (χ1v) is 4.61. The fourth-order valence-corrected chi connectivity index (χ4v) is 1.69. The van der Waals surface area contributed by atoms with Crippen LogP contribution in [0, 0.1) is 0 Å². The van der Waals surface area contributed by atoms with E-state index < -0.39 is 0 Å². The van der Waals surface area contributed by atoms with E-state index in [0.717, 1.165) is 16.7 Å². The number of methoxy groups -OCH3 is 1. The summed E-state index contributed by atoms with van der Waals surface area (Å²) in [6.07, 6.45) is 0. The van der Waals surface area contributed by atoms with Crippen molar-refractivity contribution in [3.05, 3.63) is 42.0 Å². The SMILES string of the molecule is COc1ccc(CN)c2ccccc12.Cl. The first-order valence-electron chi connectivity index (χ1n) is 4.61. The smallest absolute Gasteiger partial charge is 0.126 e. The number of fused-ring (bicyclic) bond motifs is 1. The molecule has 0 aromatic heterocycles. The van der Waals surface area contributed by atoms with Crippen molar-refractivity contribution in [2.45, 2.75) is 6.54 Å². The van der Waals surface area contributed by atoms with Crippen molar-refractivity contribution >= 4 is 23.2 Å². The lowest BCUT2D eigenvalue weighted by Crippen LogP contribution is -1.97. The van der Waals surface area contributed by atoms with Crippen LogP contribution < -0.4 is 10.5 Å². The Balaban J connectivity index is 0.00000112. The van der Waals surface area contributed by atoms with Gasteiger partial charge in [-0.25, -0.2) is 0 Å². The number of hydrogen-bond acceptors (Lipinski definition) is 2. The molecule has 2 aromatic carbocycles. The third kappa shape index (κ3) is 2.06. The molecule has 0 aliphatic rings. The molecule has 0 heterocycles. The second-order valence-electron chi connectivity index (χ2n) is 3.18. The molecule has 0 atom stereocenters. The minimum absolute atomic E-state index is 0. The van der Waals surface area contributed by atoms with Gasteiger partial charge < -0.3 is 10.5 Å². The Morgan fingerprint density at radius 1 is 1.07 bits per heavy atom. The van der Waals surface area contributed by atoms with Crippen LogP contribution in [-0.2, 0) is 6.54 Å². The molecule has 2 N–H and O–H groups in total. The number of hydrogen-bond donors (Lipinski definition) is 1. The van der Waals surface area contributed by atoms with Crippen molar-refractivity contribution in [3.63, 3.8) is 0 Å². The van der Waals surface area contributed by atoms with E-state index in [2.05, 4.69) is 6.07 Å². The Hall–Kier alpha value is -1.25. The third-order valence-corrected chi connectivity index (χ3v) is 2.41. The number of nitrogens with two attached hydrogens (primary N) is 1. The average Bonchev–Trinajstić information content (AvgIpc) is 2.27. The summed E-state index contributed by atoms with van der Waals surface area (Å²) in [6, 6.07) is 12.1. The van der Waals surface area contributed by atoms with Crippen LogP contribution in [0.1, 0.15) is 5.56 Å². The van der Waals surface area contributed by atoms with Crippen LogP contribution in [0.15, 0.2) is 36.4 Å². The van der Waals surface area contributed by atoms with E-state index in [0.29, 0.717) is 6.54 Å². The minimum atomic E-state index is 0. The standard InChI is InChI=1S/C12H13NO.ClH/c1-14-12-7-6-9(8-13)10-4-2-3-5-11(10)12;/h2-7H,8,13H2,1H3;1H. The first kappa shape index (κ1) is 11.8. The lowest BCUT2D eigenvalue weighted by Gasteiger charge is -2.08. The number of benzene rings is 2. The first-order chi connectivity index (χ1) is 6.86. The molecule has 2 rings (SSSR count). The van der Waals surface area contributed by atoms with Crippen molar-refractivity contribution in [1.82, 2.24) is 0 Å². The molecular formula is C12H14ClNO. The quantitative estimate of drug-likeness (QED) is 0.850. The maximum atomic E-state index is 5.67. The van der Waals surface area contributed by atoms with Crippen molar-refractivity contribution in [1.29, 1.82) is 0 Å². The largest absolute Gasteiger partial charge is 0.496 e. The second-order valence-corrected chi connectivity index (χ2v) is 3.18. The van der Waals surface area contributed by atoms with Gasteiger partial charge >= 0.3 is 0 Å². The minimum Gasteiger partial charge on any atom is -0.496 e. The van der Waals surface area contributed by atoms with Gasteiger partial charge in [-0.15, -0.1) is 12.4 Å². The predicted molar refractivity (Wildman–Crippen MR) is 65.6 cm³/mol. The molecule has 0 spiro atoms. The molecule has 0 aliphatic carbocycles. The zero-order valence-electron chi connectivity index (χ0n) is 8.57. The number of ether oxygens (including phenoxy) is 1. The molecule has 0 aliphatic heterocycles. The van der Waals surface area contributed by atoms with Crippen molar-refractivity contribution in [2.24, 2.45) is 5.73 Å². The highest BCUT2D eigenvalue weighted by molar-refractivity contribution is 5.91. The summed E-state index contributed by atoms with van der Waals surface area (Å²) in [6.45, 7) is 0.560. The van der Waals surface area contributed by atoms with Gasteiger partial charge in [0, 0.05) is 11.9 Å². The predicted octanol–water partition coefficient (Wildman–Crippen LogP) is 2.73. The monoisotopic (exact) mass is 223 g/mol. The third-order valence-electron chi connectivity index (χ3n) is 2.41. The molecular weight excluding hydrogens is 210 g/mol. The fourth-order valence-electron chi connectivity index (χ4n) is 1.69. The zero-order chi connectivity index (χ0) is 9.97. The van der Waals surface area contributed by atoms with Gasteiger partial charge in [-0.1, -0.05) is 30.3 Å². The van der Waals surface area contributed by atoms with Gasteiger partial charge in [0.2, 0.25) is 0 Å². The highest BCUT2D eigenvalue weighted by Gasteiger charge is 2.03. The second kappa shape index (κ2) is 5.01. The molecule has 0 amide bonds. The highest BCUT2D eigenvalue weighted by atomic mass is 35.5. The molecule has 2 nitrogen and oxygen atoms in total. The molecule has 0 radical (unpaired) electrons. The van der Waals surface area contributed by atoms with E-state index >= 15 is 0 Å². The summed E-state index contributed by atoms with van der Waals surface area (Å²) in [5, 5.41) is 2.30. The van der Waals surface area contributed by atoms with E-state index in [-0.39, 0.29) is 12.4 Å². The van der Waals surface area contributed by atoms with Gasteiger partial charge in [-0.2, -0.15) is 0 Å². The Morgan fingerprint density at radius 2 is 1.73 bits per heavy atom. The van der Waals surface area contributed by atoms with Gasteiger partial charge in [-0.3, -0.25) is 0 Å². The molecule has 0 bridgehead atoms. The maximum Gasteiger partial charge on any atom is 0.126 e. The van der Waals surface area contributed by atoms with Gasteiger partial charge in [0.05, 0.1) is 7.11 Å². The summed E-state index contributed by atoms with van der Waals surface area (Å²) in [7, 11) is 1.68. The van der Waals surface area contributed by atoms with Gasteiger partial charge in [-0.05, 0) is 17.0 Å². The van der Waals surface area contributed by atoms with E-state index in [9.17, 15) is 0 Å². The molecule has 0 unspecified atom stereocenters. The van der Waals surface area contributed by atoms with E-state index in [1.807, 2.05) is 30.3 Å². The van der Waals surface area contributed by atoms with Crippen molar-refractivity contribution in [3.8, 4) is 5.75 Å². The number of halogens is 1. The van der Waals surface area contributed by atoms with Crippen LogP contribution in [0.2, 0.25) is 0 Å². The van der Waals surface area contributed by atoms with E-state index in [4.69, 9.17) is 10.5 Å². The number of rotatable bonds is 2. The fraction of sp³-hybridized carbons (Fsp3) is 0.167. The average molecular weight is 224 g/mol. The Labute approximate surface area is 95.4 Å². The van der Waals surface area contributed by atoms with Crippen molar-refractivity contribution in [2.75, 3.05) is 7.11 Å². The molecule has 0 fully saturated rings. The molecule has 15 heavy (non-hydrogen) atoms. The van der Waals surface area contributed by atoms with Crippen LogP contribution in [0.25, 0.3) is 10.8 Å². The van der Waals surface area contributed by atoms with Crippen molar-refractivity contribution < 1.29 is 4.74 Å². The summed E-state index contributed by atoms with van der Waals surface area (Å²) in [4.78, 5) is 0. The molecule has 3 heteroatoms. The van der Waals surface area contributed by atoms with E-state index in [1.54, 1.807) is 7.11 Å². The van der Waals surface area contributed by atoms with Crippen LogP contribution in [-0.4, -0.2) is 7.11 Å². The van der Waals surface area contributed by atoms with Crippen LogP contribution in [0.5, 0.6) is 5.75 Å². The highest BCUT2D eigenvalue weighted by Crippen LogP contribution is 2.27. The summed E-state index contributed by atoms with van der Waals surface area (Å²) >= 11 is 0. The Bertz CT molecular complexity index is 414. The van der Waals surface area contributed by atoms with Gasteiger partial charge in [0.25, 0.3) is 0 Å². The van der Waals surface area contributed by atoms with Crippen LogP contribution in [0.3, 0.4) is 0 Å². The normalized spacial score (nSPS) is 9.73. The molecule has 80 valence electrons. The maximum absolute atomic E-state index is 5.67. The van der Waals surface area contributed by atoms with Crippen LogP contribution >= 0.6 is 12.4 Å². The van der Waals surface area contributed by atoms with Crippen LogP contribution in [0.4, 0.5) is 0 Å². The summed E-state index contributed by atoms with van der Waals surface area (Å²) in [5.41, 5.74) is 6.82. The van der Waals surface area contributed by atoms with E-state index in [1.165, 1.54) is 5.39 Å². The van der Waals surface area contributed by atoms with Gasteiger partial charge in [0.15, 0.2) is 0 Å². The molecule has 0 saturated heterocycles. The topological polar surface area (TPSA) is 35.2 Å². The summed E-state index contributed by atoms with van der Waals surface area (Å²) in [5.74, 6) is 0.901. The lowest BCUT2D eigenvalue weighted by atomic mass is 10.0. The molecule has 0 saturated carbocycles. The lowest BCUT2D eigenvalue weighted by molar-refractivity contribution is 0.419. The van der Waals surface area contributed by atoms with Gasteiger partial charge in [0.1, 0.15) is 5.75 Å². The molecule has 2 aromatic rings. The summed E-state index contributed by atoms with van der Waals surface area (Å²) < 4.78 is 5.29. The zero-order valence-corrected chi connectivity index (χ0v) is 9.38. The Kier molecular flexibility index (Phi) is 3.95.